The van der Waals surface area contributed by atoms with Crippen molar-refractivity contribution in [1.29, 1.82) is 0 Å². The van der Waals surface area contributed by atoms with Gasteiger partial charge in [-0.25, -0.2) is 0 Å². The Balaban J connectivity index is 1.62. The van der Waals surface area contributed by atoms with Crippen molar-refractivity contribution in [3.8, 4) is 18.1 Å². The van der Waals surface area contributed by atoms with Gasteiger partial charge < -0.3 is 10.2 Å². The molecule has 1 saturated carbocycles. The van der Waals surface area contributed by atoms with Gasteiger partial charge in [0.05, 0.1) is 28.5 Å². The van der Waals surface area contributed by atoms with E-state index < -0.39 is 5.60 Å². The van der Waals surface area contributed by atoms with Gasteiger partial charge in [-0.1, -0.05) is 12.0 Å². The molecule has 0 bridgehead atoms. The SMILES string of the molecule is C#Cc1ccc(C2=NNC(=NC3CC(C)(O)C3)C3C=CSC23)c(O)c1. The standard InChI is InChI=1S/C19H19N3O2S/c1-3-11-4-5-13(15(23)8-11)16-17-14(6-7-25-17)18(22-21-16)20-12-9-19(2,24)10-12/h1,4-8,12,14,17,23-24H,9-10H2,2H3,(H,20,22). The fourth-order valence-corrected chi connectivity index (χ4v) is 4.66. The highest BCUT2D eigenvalue weighted by molar-refractivity contribution is 8.03. The summed E-state index contributed by atoms with van der Waals surface area (Å²) in [5.74, 6) is 3.58. The van der Waals surface area contributed by atoms with Crippen LogP contribution in [0.3, 0.4) is 0 Å². The monoisotopic (exact) mass is 353 g/mol. The van der Waals surface area contributed by atoms with E-state index in [1.807, 2.05) is 13.0 Å². The number of phenolic OH excluding ortho intramolecular Hbond substituents is 1. The first-order valence-corrected chi connectivity index (χ1v) is 9.17. The van der Waals surface area contributed by atoms with Gasteiger partial charge in [0.15, 0.2) is 0 Å². The highest BCUT2D eigenvalue weighted by Gasteiger charge is 2.41. The number of hydrogen-bond donors (Lipinski definition) is 3. The van der Waals surface area contributed by atoms with Crippen molar-refractivity contribution in [2.75, 3.05) is 0 Å². The summed E-state index contributed by atoms with van der Waals surface area (Å²) >= 11 is 1.67. The molecular formula is C19H19N3O2S. The lowest BCUT2D eigenvalue weighted by Gasteiger charge is -2.39. The lowest BCUT2D eigenvalue weighted by molar-refractivity contribution is -0.0281. The average Bonchev–Trinajstić information content (AvgIpc) is 3.04. The van der Waals surface area contributed by atoms with Crippen LogP contribution in [0.5, 0.6) is 5.75 Å². The van der Waals surface area contributed by atoms with E-state index in [1.54, 1.807) is 23.9 Å². The molecular weight excluding hydrogens is 334 g/mol. The molecule has 25 heavy (non-hydrogen) atoms. The maximum absolute atomic E-state index is 10.3. The van der Waals surface area contributed by atoms with Gasteiger partial charge >= 0.3 is 0 Å². The van der Waals surface area contributed by atoms with Crippen molar-refractivity contribution in [2.24, 2.45) is 16.0 Å². The number of hydrogen-bond acceptors (Lipinski definition) is 5. The van der Waals surface area contributed by atoms with E-state index in [0.717, 1.165) is 11.5 Å². The maximum Gasteiger partial charge on any atom is 0.125 e. The second-order valence-electron chi connectivity index (χ2n) is 6.97. The lowest BCUT2D eigenvalue weighted by Crippen LogP contribution is -2.47. The van der Waals surface area contributed by atoms with Gasteiger partial charge in [0.25, 0.3) is 0 Å². The predicted molar refractivity (Wildman–Crippen MR) is 101 cm³/mol. The molecule has 0 saturated heterocycles. The van der Waals surface area contributed by atoms with Crippen LogP contribution in [0.2, 0.25) is 0 Å². The minimum Gasteiger partial charge on any atom is -0.507 e. The van der Waals surface area contributed by atoms with Crippen LogP contribution in [0.25, 0.3) is 0 Å². The third-order valence-corrected chi connectivity index (χ3v) is 5.95. The topological polar surface area (TPSA) is 77.2 Å². The van der Waals surface area contributed by atoms with E-state index in [-0.39, 0.29) is 23.0 Å². The Morgan fingerprint density at radius 3 is 2.92 bits per heavy atom. The van der Waals surface area contributed by atoms with Crippen LogP contribution in [0.4, 0.5) is 0 Å². The molecule has 3 aliphatic rings. The minimum absolute atomic E-state index is 0.0724. The lowest BCUT2D eigenvalue weighted by atomic mass is 9.77. The average molecular weight is 353 g/mol. The summed E-state index contributed by atoms with van der Waals surface area (Å²) in [4.78, 5) is 4.74. The summed E-state index contributed by atoms with van der Waals surface area (Å²) in [5, 5.41) is 26.8. The molecule has 2 aliphatic heterocycles. The Labute approximate surface area is 150 Å². The molecule has 128 valence electrons. The maximum atomic E-state index is 10.3. The smallest absolute Gasteiger partial charge is 0.125 e. The van der Waals surface area contributed by atoms with Crippen LogP contribution in [0.15, 0.2) is 39.8 Å². The summed E-state index contributed by atoms with van der Waals surface area (Å²) in [6, 6.07) is 5.34. The largest absolute Gasteiger partial charge is 0.507 e. The molecule has 4 rings (SSSR count). The zero-order chi connectivity index (χ0) is 17.6. The van der Waals surface area contributed by atoms with Gasteiger partial charge in [-0.15, -0.1) is 18.2 Å². The first kappa shape index (κ1) is 16.2. The van der Waals surface area contributed by atoms with Gasteiger partial charge in [-0.05, 0) is 43.4 Å². The van der Waals surface area contributed by atoms with Gasteiger partial charge in [0, 0.05) is 11.1 Å². The summed E-state index contributed by atoms with van der Waals surface area (Å²) in [6.45, 7) is 1.84. The zero-order valence-corrected chi connectivity index (χ0v) is 14.6. The van der Waals surface area contributed by atoms with Crippen molar-refractivity contribution < 1.29 is 10.2 Å². The number of thioether (sulfide) groups is 1. The summed E-state index contributed by atoms with van der Waals surface area (Å²) in [6.07, 6.45) is 8.85. The van der Waals surface area contributed by atoms with E-state index in [0.29, 0.717) is 24.0 Å². The normalized spacial score (nSPS) is 34.7. The molecule has 0 spiro atoms. The van der Waals surface area contributed by atoms with Crippen LogP contribution in [0, 0.1) is 18.3 Å². The van der Waals surface area contributed by atoms with Crippen molar-refractivity contribution >= 4 is 23.3 Å². The van der Waals surface area contributed by atoms with Gasteiger partial charge in [-0.3, -0.25) is 10.4 Å². The van der Waals surface area contributed by atoms with Gasteiger partial charge in [0.2, 0.25) is 0 Å². The van der Waals surface area contributed by atoms with Crippen LogP contribution in [0.1, 0.15) is 30.9 Å². The Morgan fingerprint density at radius 1 is 1.44 bits per heavy atom. The molecule has 6 heteroatoms. The van der Waals surface area contributed by atoms with Gasteiger partial charge in [0.1, 0.15) is 11.6 Å². The summed E-state index contributed by atoms with van der Waals surface area (Å²) in [7, 11) is 0. The van der Waals surface area contributed by atoms with Crippen LogP contribution in [-0.2, 0) is 0 Å². The molecule has 1 aliphatic carbocycles. The third kappa shape index (κ3) is 2.94. The molecule has 2 heterocycles. The summed E-state index contributed by atoms with van der Waals surface area (Å²) < 4.78 is 0. The van der Waals surface area contributed by atoms with Crippen molar-refractivity contribution in [1.82, 2.24) is 5.43 Å². The first-order chi connectivity index (χ1) is 12.0. The molecule has 1 aromatic carbocycles. The quantitative estimate of drug-likeness (QED) is 0.713. The van der Waals surface area contributed by atoms with Crippen LogP contribution < -0.4 is 5.43 Å². The number of nitrogens with zero attached hydrogens (tertiary/aromatic N) is 2. The Morgan fingerprint density at radius 2 is 2.24 bits per heavy atom. The number of aliphatic imine (C=N–C) groups is 1. The summed E-state index contributed by atoms with van der Waals surface area (Å²) in [5.41, 5.74) is 4.58. The second-order valence-corrected chi connectivity index (χ2v) is 8.02. The van der Waals surface area contributed by atoms with E-state index in [4.69, 9.17) is 11.4 Å². The molecule has 1 aromatic rings. The van der Waals surface area contributed by atoms with E-state index in [9.17, 15) is 10.2 Å². The number of terminal acetylenes is 1. The Kier molecular flexibility index (Phi) is 3.86. The minimum atomic E-state index is -0.595. The number of nitrogens with one attached hydrogen (secondary N) is 1. The van der Waals surface area contributed by atoms with Crippen LogP contribution in [-0.4, -0.2) is 38.7 Å². The molecule has 0 aromatic heterocycles. The highest BCUT2D eigenvalue weighted by Crippen LogP contribution is 2.39. The molecule has 2 atom stereocenters. The van der Waals surface area contributed by atoms with Crippen molar-refractivity contribution in [3.05, 3.63) is 40.8 Å². The fraction of sp³-hybridized carbons (Fsp3) is 0.368. The number of rotatable bonds is 2. The van der Waals surface area contributed by atoms with Crippen molar-refractivity contribution in [2.45, 2.75) is 36.7 Å². The highest BCUT2D eigenvalue weighted by atomic mass is 32.2. The number of amidine groups is 1. The second kappa shape index (κ2) is 5.94. The number of phenols is 1. The third-order valence-electron chi connectivity index (χ3n) is 4.83. The number of fused-ring (bicyclic) bond motifs is 1. The molecule has 0 amide bonds. The Hall–Kier alpha value is -2.23. The number of hydrazone groups is 1. The first-order valence-electron chi connectivity index (χ1n) is 8.23. The molecule has 0 radical (unpaired) electrons. The predicted octanol–water partition coefficient (Wildman–Crippen LogP) is 2.24. The molecule has 3 N–H and O–H groups in total. The number of aromatic hydroxyl groups is 1. The Bertz CT molecular complexity index is 843. The van der Waals surface area contributed by atoms with Gasteiger partial charge in [-0.2, -0.15) is 5.10 Å². The van der Waals surface area contributed by atoms with Crippen LogP contribution >= 0.6 is 11.8 Å². The molecule has 2 unspecified atom stereocenters. The molecule has 1 fully saturated rings. The number of benzene rings is 1. The van der Waals surface area contributed by atoms with E-state index in [1.165, 1.54) is 0 Å². The number of aliphatic hydroxyl groups is 1. The molecule has 5 nitrogen and oxygen atoms in total. The zero-order valence-electron chi connectivity index (χ0n) is 13.8. The van der Waals surface area contributed by atoms with E-state index >= 15 is 0 Å². The van der Waals surface area contributed by atoms with E-state index in [2.05, 4.69) is 27.9 Å². The van der Waals surface area contributed by atoms with Crippen molar-refractivity contribution in [3.63, 3.8) is 0 Å². The fourth-order valence-electron chi connectivity index (χ4n) is 3.53.